The highest BCUT2D eigenvalue weighted by atomic mass is 19.4. The smallest absolute Gasteiger partial charge is 0.406 e. The van der Waals surface area contributed by atoms with Crippen LogP contribution in [0.25, 0.3) is 11.1 Å². The van der Waals surface area contributed by atoms with Gasteiger partial charge in [-0.1, -0.05) is 80.1 Å². The van der Waals surface area contributed by atoms with Gasteiger partial charge in [0.2, 0.25) is 5.91 Å². The third-order valence-corrected chi connectivity index (χ3v) is 7.53. The molecule has 1 amide bonds. The van der Waals surface area contributed by atoms with E-state index in [0.29, 0.717) is 17.8 Å². The summed E-state index contributed by atoms with van der Waals surface area (Å²) in [4.78, 5) is 17.1. The Balaban J connectivity index is 1.71. The fraction of sp³-hybridized carbons (Fsp3) is 0.278. The number of halogens is 3. The molecule has 228 valence electrons. The van der Waals surface area contributed by atoms with Gasteiger partial charge in [-0.05, 0) is 66.8 Å². The van der Waals surface area contributed by atoms with Crippen molar-refractivity contribution in [1.29, 1.82) is 5.26 Å². The maximum Gasteiger partial charge on any atom is 0.573 e. The van der Waals surface area contributed by atoms with Crippen LogP contribution in [0, 0.1) is 18.3 Å². The maximum atomic E-state index is 13.5. The predicted molar refractivity (Wildman–Crippen MR) is 168 cm³/mol. The van der Waals surface area contributed by atoms with Gasteiger partial charge in [-0.3, -0.25) is 9.69 Å². The normalized spacial score (nSPS) is 15.6. The number of anilines is 1. The van der Waals surface area contributed by atoms with E-state index < -0.39 is 6.36 Å². The first-order valence-corrected chi connectivity index (χ1v) is 14.6. The highest BCUT2D eigenvalue weighted by Crippen LogP contribution is 2.36. The molecule has 44 heavy (non-hydrogen) atoms. The number of rotatable bonds is 10. The Morgan fingerprint density at radius 2 is 1.84 bits per heavy atom. The van der Waals surface area contributed by atoms with E-state index >= 15 is 0 Å². The topological polar surface area (TPSA) is 56.6 Å². The molecule has 1 unspecified atom stereocenters. The second-order valence-corrected chi connectivity index (χ2v) is 10.6. The molecule has 3 aromatic rings. The number of hydrogen-bond donors (Lipinski definition) is 0. The minimum atomic E-state index is -4.82. The molecule has 0 bridgehead atoms. The molecule has 5 nitrogen and oxygen atoms in total. The largest absolute Gasteiger partial charge is 0.573 e. The van der Waals surface area contributed by atoms with Crippen molar-refractivity contribution in [3.63, 3.8) is 0 Å². The van der Waals surface area contributed by atoms with Gasteiger partial charge in [-0.15, -0.1) is 13.2 Å². The van der Waals surface area contributed by atoms with E-state index in [1.54, 1.807) is 6.07 Å². The molecule has 1 aliphatic heterocycles. The number of carbonyl (C=O) groups excluding carboxylic acids is 1. The number of carbonyl (C=O) groups is 1. The Kier molecular flexibility index (Phi) is 10.8. The van der Waals surface area contributed by atoms with E-state index in [9.17, 15) is 23.2 Å². The number of ether oxygens (including phenoxy) is 1. The van der Waals surface area contributed by atoms with E-state index in [1.807, 2.05) is 80.6 Å². The minimum Gasteiger partial charge on any atom is -0.406 e. The van der Waals surface area contributed by atoms with Crippen LogP contribution in [0.5, 0.6) is 5.75 Å². The summed E-state index contributed by atoms with van der Waals surface area (Å²) in [5.74, 6) is -0.609. The predicted octanol–water partition coefficient (Wildman–Crippen LogP) is 8.68. The van der Waals surface area contributed by atoms with E-state index in [2.05, 4.69) is 28.7 Å². The lowest BCUT2D eigenvalue weighted by atomic mass is 9.89. The highest BCUT2D eigenvalue weighted by Gasteiger charge is 2.34. The Bertz CT molecular complexity index is 1600. The van der Waals surface area contributed by atoms with Crippen LogP contribution in [0.1, 0.15) is 49.4 Å². The molecule has 0 aliphatic carbocycles. The number of benzene rings is 3. The second-order valence-electron chi connectivity index (χ2n) is 10.6. The lowest BCUT2D eigenvalue weighted by Crippen LogP contribution is -2.51. The molecule has 8 heteroatoms. The molecule has 1 aliphatic rings. The van der Waals surface area contributed by atoms with Gasteiger partial charge in [0, 0.05) is 30.4 Å². The number of piperazine rings is 1. The Hall–Kier alpha value is -4.61. The summed E-state index contributed by atoms with van der Waals surface area (Å²) in [5, 5.41) is 9.93. The van der Waals surface area contributed by atoms with Crippen LogP contribution < -0.4 is 9.64 Å². The standard InChI is InChI=1S/C36H36F3N3O2/c1-4-6-7-8-9-14-27(5-2)35(28-18-19-29(24-40)33(22-28)32-17-11-10-13-26(32)3)41-20-21-42(34(43)25-41)30-15-12-16-31(23-30)44-36(37,38)39/h5,7-19,22-23,35H,4,6,20-21,25H2,1-3H3/b8-7+,14-9-,27-5+. The SMILES string of the molecule is C\C=C(/C=C\C=C\CCC)C(c1ccc(C#N)c(-c2ccccc2C)c1)N1CCN(c2cccc(OC(F)(F)F)c2)C(=O)C1. The molecule has 4 rings (SSSR count). The second kappa shape index (κ2) is 14.7. The molecule has 1 heterocycles. The van der Waals surface area contributed by atoms with Crippen molar-refractivity contribution in [1.82, 2.24) is 4.90 Å². The van der Waals surface area contributed by atoms with Gasteiger partial charge in [0.25, 0.3) is 0 Å². The quantitative estimate of drug-likeness (QED) is 0.219. The summed E-state index contributed by atoms with van der Waals surface area (Å²) < 4.78 is 42.5. The molecule has 0 spiro atoms. The third kappa shape index (κ3) is 8.06. The average Bonchev–Trinajstić information content (AvgIpc) is 2.99. The molecule has 0 radical (unpaired) electrons. The van der Waals surface area contributed by atoms with Crippen LogP contribution in [0.3, 0.4) is 0 Å². The fourth-order valence-electron chi connectivity index (χ4n) is 5.43. The van der Waals surface area contributed by atoms with Crippen LogP contribution in [0.15, 0.2) is 103 Å². The molecule has 0 N–H and O–H groups in total. The molecule has 0 aromatic heterocycles. The zero-order valence-electron chi connectivity index (χ0n) is 25.1. The molecule has 0 saturated carbocycles. The summed E-state index contributed by atoms with van der Waals surface area (Å²) in [6.07, 6.45) is 7.37. The minimum absolute atomic E-state index is 0.0472. The van der Waals surface area contributed by atoms with Crippen molar-refractivity contribution in [3.8, 4) is 22.9 Å². The first-order valence-electron chi connectivity index (χ1n) is 14.6. The molecule has 1 fully saturated rings. The Morgan fingerprint density at radius 3 is 2.52 bits per heavy atom. The average molecular weight is 600 g/mol. The van der Waals surface area contributed by atoms with Crippen molar-refractivity contribution < 1.29 is 22.7 Å². The number of nitrogens with zero attached hydrogens (tertiary/aromatic N) is 3. The van der Waals surface area contributed by atoms with Gasteiger partial charge in [-0.2, -0.15) is 5.26 Å². The summed E-state index contributed by atoms with van der Waals surface area (Å²) in [5.41, 5.74) is 5.65. The number of alkyl halides is 3. The third-order valence-electron chi connectivity index (χ3n) is 7.53. The number of unbranched alkanes of at least 4 members (excludes halogenated alkanes) is 1. The summed E-state index contributed by atoms with van der Waals surface area (Å²) in [7, 11) is 0. The lowest BCUT2D eigenvalue weighted by molar-refractivity contribution is -0.274. The van der Waals surface area contributed by atoms with Crippen LogP contribution in [0.4, 0.5) is 18.9 Å². The van der Waals surface area contributed by atoms with Gasteiger partial charge in [0.15, 0.2) is 0 Å². The van der Waals surface area contributed by atoms with Gasteiger partial charge in [0.05, 0.1) is 24.2 Å². The van der Waals surface area contributed by atoms with Crippen molar-refractivity contribution >= 4 is 11.6 Å². The monoisotopic (exact) mass is 599 g/mol. The lowest BCUT2D eigenvalue weighted by Gasteiger charge is -2.39. The van der Waals surface area contributed by atoms with E-state index in [4.69, 9.17) is 0 Å². The van der Waals surface area contributed by atoms with Crippen LogP contribution >= 0.6 is 0 Å². The molecular weight excluding hydrogens is 563 g/mol. The van der Waals surface area contributed by atoms with Gasteiger partial charge >= 0.3 is 6.36 Å². The fourth-order valence-corrected chi connectivity index (χ4v) is 5.43. The number of aryl methyl sites for hydroxylation is 1. The zero-order chi connectivity index (χ0) is 31.7. The Labute approximate surface area is 257 Å². The van der Waals surface area contributed by atoms with Crippen LogP contribution in [-0.4, -0.2) is 36.8 Å². The molecular formula is C36H36F3N3O2. The summed E-state index contributed by atoms with van der Waals surface area (Å²) in [6, 6.07) is 21.2. The van der Waals surface area contributed by atoms with E-state index in [1.165, 1.54) is 23.1 Å². The summed E-state index contributed by atoms with van der Waals surface area (Å²) in [6.45, 7) is 6.88. The maximum absolute atomic E-state index is 13.5. The van der Waals surface area contributed by atoms with Crippen molar-refractivity contribution in [2.45, 2.75) is 46.0 Å². The first kappa shape index (κ1) is 32.3. The molecule has 3 aromatic carbocycles. The van der Waals surface area contributed by atoms with Gasteiger partial charge in [-0.25, -0.2) is 0 Å². The first-order chi connectivity index (χ1) is 21.1. The van der Waals surface area contributed by atoms with Crippen molar-refractivity contribution in [3.05, 3.63) is 119 Å². The molecule has 1 atom stereocenters. The van der Waals surface area contributed by atoms with Gasteiger partial charge in [0.1, 0.15) is 5.75 Å². The highest BCUT2D eigenvalue weighted by molar-refractivity contribution is 5.95. The van der Waals surface area contributed by atoms with Crippen molar-refractivity contribution in [2.75, 3.05) is 24.5 Å². The number of allylic oxidation sites excluding steroid dienone is 4. The van der Waals surface area contributed by atoms with E-state index in [0.717, 1.165) is 40.7 Å². The number of hydrogen-bond acceptors (Lipinski definition) is 4. The van der Waals surface area contributed by atoms with Crippen LogP contribution in [0.2, 0.25) is 0 Å². The zero-order valence-corrected chi connectivity index (χ0v) is 25.1. The van der Waals surface area contributed by atoms with Gasteiger partial charge < -0.3 is 9.64 Å². The number of nitriles is 1. The van der Waals surface area contributed by atoms with Crippen molar-refractivity contribution in [2.24, 2.45) is 0 Å². The van der Waals surface area contributed by atoms with Crippen LogP contribution in [-0.2, 0) is 4.79 Å². The molecule has 1 saturated heterocycles. The summed E-state index contributed by atoms with van der Waals surface area (Å²) >= 11 is 0. The number of amides is 1. The van der Waals surface area contributed by atoms with E-state index in [-0.39, 0.29) is 30.8 Å². The Morgan fingerprint density at radius 1 is 1.05 bits per heavy atom.